The van der Waals surface area contributed by atoms with Crippen molar-refractivity contribution in [1.82, 2.24) is 0 Å². The predicted molar refractivity (Wildman–Crippen MR) is 517 cm³/mol. The molecule has 0 fully saturated rings. The first-order valence-corrected chi connectivity index (χ1v) is 60.3. The largest absolute Gasteiger partial charge is 6.00 e. The SMILES string of the molecule is CCCCCCC(C)OP(=O)([O-])OC(C)CCCCCC.CCCCCCC(C)OP(=O)([O-])OC(C)CCCCCC.CCCCCCC(C)OP(=O)([O-])OC(C)CCCCCC.CCCCCCC(C)OP(=O)([O-])OC(C)CCCCCC.CCCCCCC(C)OP(=O)([O-])OC(C)CCCCCC.CCCCCCC(C)OP(=O)([O-])OC(C)CCCCCC.[Mo+6]. The Bertz CT molecular complexity index is 2000. The molecule has 31 heteroatoms. The molecule has 0 aromatic carbocycles. The maximum atomic E-state index is 11.8. The van der Waals surface area contributed by atoms with Crippen molar-refractivity contribution >= 4 is 46.9 Å². The van der Waals surface area contributed by atoms with Crippen molar-refractivity contribution in [3.05, 3.63) is 0 Å². The number of phosphoric ester groups is 6. The van der Waals surface area contributed by atoms with E-state index in [2.05, 4.69) is 83.1 Å². The molecule has 127 heavy (non-hydrogen) atoms. The Hall–Kier alpha value is 1.35. The molecule has 12 unspecified atom stereocenters. The maximum Gasteiger partial charge on any atom is 6.00 e. The second kappa shape index (κ2) is 96.2. The van der Waals surface area contributed by atoms with Gasteiger partial charge in [0.1, 0.15) is 0 Å². The number of unbranched alkanes of at least 4 members (excludes halogenated alkanes) is 36. The molecule has 0 amide bonds. The first-order valence-electron chi connectivity index (χ1n) is 51.5. The Labute approximate surface area is 798 Å². The Morgan fingerprint density at radius 1 is 0.142 bits per heavy atom. The Morgan fingerprint density at radius 3 is 0.260 bits per heavy atom. The van der Waals surface area contributed by atoms with Crippen molar-refractivity contribution in [2.75, 3.05) is 0 Å². The van der Waals surface area contributed by atoms with E-state index in [1.165, 1.54) is 154 Å². The molecule has 0 aromatic rings. The summed E-state index contributed by atoms with van der Waals surface area (Å²) in [6.45, 7) is 47.4. The quantitative estimate of drug-likeness (QED) is 0.0310. The van der Waals surface area contributed by atoms with Crippen LogP contribution in [0.25, 0.3) is 0 Å². The Kier molecular flexibility index (Phi) is 107. The molecule has 0 spiro atoms. The van der Waals surface area contributed by atoms with Crippen LogP contribution in [0.15, 0.2) is 0 Å². The average Bonchev–Trinajstić information content (AvgIpc) is 0.928. The summed E-state index contributed by atoms with van der Waals surface area (Å²) in [7, 11) is -25.0. The van der Waals surface area contributed by atoms with Gasteiger partial charge in [-0.3, -0.25) is 27.4 Å². The molecule has 0 aliphatic heterocycles. The first-order chi connectivity index (χ1) is 59.5. The fourth-order valence-corrected chi connectivity index (χ4v) is 20.6. The van der Waals surface area contributed by atoms with Gasteiger partial charge in [-0.05, 0) is 160 Å². The summed E-state index contributed by atoms with van der Waals surface area (Å²) in [6, 6.07) is 0. The van der Waals surface area contributed by atoms with Gasteiger partial charge in [-0.15, -0.1) is 0 Å². The Balaban J connectivity index is -0.000000272. The molecular formula is C96H204MoO24P6. The zero-order chi connectivity index (χ0) is 96.8. The van der Waals surface area contributed by atoms with Crippen LogP contribution < -0.4 is 29.4 Å². The van der Waals surface area contributed by atoms with Crippen molar-refractivity contribution in [2.24, 2.45) is 0 Å². The van der Waals surface area contributed by atoms with E-state index in [1.807, 2.05) is 0 Å². The van der Waals surface area contributed by atoms with Crippen molar-refractivity contribution in [3.63, 3.8) is 0 Å². The van der Waals surface area contributed by atoms with E-state index in [1.54, 1.807) is 83.1 Å². The molecule has 0 aliphatic rings. The zero-order valence-electron chi connectivity index (χ0n) is 86.2. The van der Waals surface area contributed by atoms with E-state index in [9.17, 15) is 56.8 Å². The van der Waals surface area contributed by atoms with E-state index in [-0.39, 0.29) is 94.3 Å². The number of hydrogen-bond acceptors (Lipinski definition) is 24. The molecule has 0 radical (unpaired) electrons. The van der Waals surface area contributed by atoms with Crippen LogP contribution in [0.2, 0.25) is 0 Å². The van der Waals surface area contributed by atoms with Crippen molar-refractivity contribution < 1.29 is 132 Å². The van der Waals surface area contributed by atoms with Crippen LogP contribution in [0.5, 0.6) is 0 Å². The molecule has 0 saturated heterocycles. The smallest absolute Gasteiger partial charge is 0.756 e. The molecule has 0 heterocycles. The Morgan fingerprint density at radius 2 is 0.205 bits per heavy atom. The minimum atomic E-state index is -4.17. The third-order valence-corrected chi connectivity index (χ3v) is 28.7. The first kappa shape index (κ1) is 141. The molecule has 0 aliphatic carbocycles. The molecule has 768 valence electrons. The summed E-state index contributed by atoms with van der Waals surface area (Å²) in [4.78, 5) is 70.9. The summed E-state index contributed by atoms with van der Waals surface area (Å²) < 4.78 is 132. The molecule has 0 rings (SSSR count). The van der Waals surface area contributed by atoms with Crippen LogP contribution in [0.1, 0.15) is 551 Å². The van der Waals surface area contributed by atoms with Gasteiger partial charge in [-0.2, -0.15) is 0 Å². The van der Waals surface area contributed by atoms with Crippen LogP contribution in [-0.2, 0) is 103 Å². The summed E-state index contributed by atoms with van der Waals surface area (Å²) in [5.74, 6) is 0. The van der Waals surface area contributed by atoms with E-state index in [0.29, 0.717) is 0 Å². The molecule has 0 N–H and O–H groups in total. The van der Waals surface area contributed by atoms with Crippen LogP contribution in [0.3, 0.4) is 0 Å². The van der Waals surface area contributed by atoms with E-state index in [4.69, 9.17) is 54.3 Å². The summed E-state index contributed by atoms with van der Waals surface area (Å²) in [6.07, 6.45) is 59.5. The van der Waals surface area contributed by atoms with Crippen LogP contribution in [-0.4, -0.2) is 73.2 Å². The third kappa shape index (κ3) is 113. The monoisotopic (exact) mass is 2030 g/mol. The molecule has 12 atom stereocenters. The van der Waals surface area contributed by atoms with Gasteiger partial charge >= 0.3 is 21.1 Å². The van der Waals surface area contributed by atoms with Gasteiger partial charge < -0.3 is 83.6 Å². The van der Waals surface area contributed by atoms with E-state index in [0.717, 1.165) is 231 Å². The number of hydrogen-bond donors (Lipinski definition) is 0. The number of rotatable bonds is 84. The second-order valence-electron chi connectivity index (χ2n) is 35.9. The topological polar surface area (TPSA) is 352 Å². The predicted octanol–water partition coefficient (Wildman–Crippen LogP) is 31.2. The zero-order valence-corrected chi connectivity index (χ0v) is 93.6. The van der Waals surface area contributed by atoms with Crippen LogP contribution >= 0.6 is 46.9 Å². The van der Waals surface area contributed by atoms with Gasteiger partial charge in [0, 0.05) is 0 Å². The standard InChI is InChI=1S/6C16H35O4P.Mo/c6*1-5-7-9-11-13-15(3)19-21(17,18)20-16(4)14-12-10-8-6-2;/h6*15-16H,5-14H2,1-4H3,(H,17,18);/q;;;;;;+6/p-6. The fraction of sp³-hybridized carbons (Fsp3) is 1.00. The van der Waals surface area contributed by atoms with Crippen molar-refractivity contribution in [3.8, 4) is 0 Å². The number of phosphoric acid groups is 6. The summed E-state index contributed by atoms with van der Waals surface area (Å²) >= 11 is 0. The summed E-state index contributed by atoms with van der Waals surface area (Å²) in [5, 5.41) is 0. The molecular weight excluding hydrogens is 1820 g/mol. The minimum Gasteiger partial charge on any atom is -0.756 e. The van der Waals surface area contributed by atoms with Gasteiger partial charge in [-0.1, -0.05) is 391 Å². The third-order valence-electron chi connectivity index (χ3n) is 21.3. The van der Waals surface area contributed by atoms with Crippen molar-refractivity contribution in [1.29, 1.82) is 0 Å². The van der Waals surface area contributed by atoms with E-state index < -0.39 is 46.9 Å². The fourth-order valence-electron chi connectivity index (χ4n) is 13.7. The second-order valence-corrected chi connectivity index (χ2v) is 43.8. The van der Waals surface area contributed by atoms with Gasteiger partial charge in [0.25, 0.3) is 46.9 Å². The van der Waals surface area contributed by atoms with Gasteiger partial charge in [0.2, 0.25) is 0 Å². The molecule has 0 aromatic heterocycles. The molecule has 0 saturated carbocycles. The normalized spacial score (nSPS) is 17.2. The molecule has 24 nitrogen and oxygen atoms in total. The molecule has 0 bridgehead atoms. The van der Waals surface area contributed by atoms with Gasteiger partial charge in [-0.25, -0.2) is 0 Å². The van der Waals surface area contributed by atoms with Crippen LogP contribution in [0, 0.1) is 0 Å². The van der Waals surface area contributed by atoms with Gasteiger partial charge in [0.05, 0.1) is 73.2 Å². The van der Waals surface area contributed by atoms with E-state index >= 15 is 0 Å². The van der Waals surface area contributed by atoms with Crippen molar-refractivity contribution in [2.45, 2.75) is 625 Å². The maximum absolute atomic E-state index is 11.8. The van der Waals surface area contributed by atoms with Gasteiger partial charge in [0.15, 0.2) is 0 Å². The summed E-state index contributed by atoms with van der Waals surface area (Å²) in [5.41, 5.74) is 0. The van der Waals surface area contributed by atoms with Crippen LogP contribution in [0.4, 0.5) is 0 Å². The minimum absolute atomic E-state index is 0. The average molecular weight is 2020 g/mol.